The topological polar surface area (TPSA) is 49.8 Å². The van der Waals surface area contributed by atoms with Crippen molar-refractivity contribution in [3.63, 3.8) is 0 Å². The number of nitrogens with zero attached hydrogens (tertiary/aromatic N) is 1. The number of piperidine rings is 1. The molecule has 0 saturated carbocycles. The molecule has 102 valence electrons. The first-order valence-electron chi connectivity index (χ1n) is 6.21. The van der Waals surface area contributed by atoms with Gasteiger partial charge in [0.15, 0.2) is 0 Å². The van der Waals surface area contributed by atoms with Crippen LogP contribution >= 0.6 is 11.6 Å². The number of carbonyl (C=O) groups excluding carboxylic acids is 1. The number of hydrogen-bond donors (Lipinski definition) is 1. The highest BCUT2D eigenvalue weighted by Crippen LogP contribution is 2.18. The Hall–Kier alpha value is -0.320. The van der Waals surface area contributed by atoms with Gasteiger partial charge in [0.2, 0.25) is 0 Å². The molecule has 1 atom stereocenters. The van der Waals surface area contributed by atoms with E-state index in [-0.39, 0.29) is 17.8 Å². The van der Waals surface area contributed by atoms with E-state index >= 15 is 0 Å². The van der Waals surface area contributed by atoms with E-state index < -0.39 is 6.10 Å². The SMILES string of the molecule is CC.COC(=O)C1CCN(CC(O)CCl)CC1. The number of carbonyl (C=O) groups is 1. The summed E-state index contributed by atoms with van der Waals surface area (Å²) in [6, 6.07) is 0. The second-order valence-corrected chi connectivity index (χ2v) is 4.21. The van der Waals surface area contributed by atoms with Gasteiger partial charge in [0, 0.05) is 12.4 Å². The Morgan fingerprint density at radius 1 is 1.47 bits per heavy atom. The monoisotopic (exact) mass is 265 g/mol. The molecule has 1 N–H and O–H groups in total. The summed E-state index contributed by atoms with van der Waals surface area (Å²) >= 11 is 5.52. The largest absolute Gasteiger partial charge is 0.469 e. The Balaban J connectivity index is 0.00000121. The maximum absolute atomic E-state index is 11.2. The summed E-state index contributed by atoms with van der Waals surface area (Å²) in [5.41, 5.74) is 0. The minimum Gasteiger partial charge on any atom is -0.469 e. The molecule has 1 unspecified atom stereocenters. The number of halogens is 1. The van der Waals surface area contributed by atoms with Gasteiger partial charge in [0.1, 0.15) is 0 Å². The van der Waals surface area contributed by atoms with Crippen LogP contribution in [0.4, 0.5) is 0 Å². The van der Waals surface area contributed by atoms with Gasteiger partial charge < -0.3 is 14.7 Å². The Kier molecular flexibility index (Phi) is 9.50. The van der Waals surface area contributed by atoms with Crippen molar-refractivity contribution in [3.8, 4) is 0 Å². The number of hydrogen-bond acceptors (Lipinski definition) is 4. The van der Waals surface area contributed by atoms with Gasteiger partial charge in [-0.05, 0) is 25.9 Å². The van der Waals surface area contributed by atoms with Crippen molar-refractivity contribution < 1.29 is 14.6 Å². The average molecular weight is 266 g/mol. The minimum absolute atomic E-state index is 0.0272. The standard InChI is InChI=1S/C10H18ClNO3.C2H6/c1-15-10(14)8-2-4-12(5-3-8)7-9(13)6-11;1-2/h8-9,13H,2-7H2,1H3;1-2H3. The highest BCUT2D eigenvalue weighted by Gasteiger charge is 2.26. The molecule has 1 saturated heterocycles. The first kappa shape index (κ1) is 16.7. The molecule has 0 bridgehead atoms. The first-order valence-corrected chi connectivity index (χ1v) is 6.75. The molecule has 0 radical (unpaired) electrons. The van der Waals surface area contributed by atoms with Gasteiger partial charge in [-0.25, -0.2) is 0 Å². The zero-order chi connectivity index (χ0) is 13.3. The zero-order valence-electron chi connectivity index (χ0n) is 11.0. The van der Waals surface area contributed by atoms with Crippen molar-refractivity contribution in [1.29, 1.82) is 0 Å². The Labute approximate surface area is 109 Å². The third-order valence-corrected chi connectivity index (χ3v) is 3.13. The molecular weight excluding hydrogens is 242 g/mol. The van der Waals surface area contributed by atoms with Gasteiger partial charge in [0.05, 0.1) is 19.1 Å². The molecule has 0 aromatic heterocycles. The number of aliphatic hydroxyl groups is 1. The summed E-state index contributed by atoms with van der Waals surface area (Å²) in [5, 5.41) is 9.37. The molecule has 1 fully saturated rings. The number of ether oxygens (including phenoxy) is 1. The van der Waals surface area contributed by atoms with Gasteiger partial charge in [-0.1, -0.05) is 13.8 Å². The summed E-state index contributed by atoms with van der Waals surface area (Å²) in [4.78, 5) is 13.4. The molecule has 0 aromatic rings. The van der Waals surface area contributed by atoms with E-state index in [1.807, 2.05) is 13.8 Å². The van der Waals surface area contributed by atoms with Crippen LogP contribution in [0, 0.1) is 5.92 Å². The summed E-state index contributed by atoms with van der Waals surface area (Å²) in [6.45, 7) is 6.25. The number of rotatable bonds is 4. The maximum atomic E-state index is 11.2. The lowest BCUT2D eigenvalue weighted by Gasteiger charge is -2.31. The smallest absolute Gasteiger partial charge is 0.308 e. The van der Waals surface area contributed by atoms with Crippen molar-refractivity contribution in [3.05, 3.63) is 0 Å². The van der Waals surface area contributed by atoms with E-state index in [0.29, 0.717) is 6.54 Å². The van der Waals surface area contributed by atoms with Crippen molar-refractivity contribution in [2.75, 3.05) is 32.6 Å². The predicted molar refractivity (Wildman–Crippen MR) is 69.3 cm³/mol. The molecule has 5 heteroatoms. The van der Waals surface area contributed by atoms with Crippen LogP contribution < -0.4 is 0 Å². The Bertz CT molecular complexity index is 206. The number of aliphatic hydroxyl groups excluding tert-OH is 1. The normalized spacial score (nSPS) is 19.1. The van der Waals surface area contributed by atoms with Crippen molar-refractivity contribution in [1.82, 2.24) is 4.90 Å². The summed E-state index contributed by atoms with van der Waals surface area (Å²) in [5.74, 6) is 0.170. The number of likely N-dealkylation sites (tertiary alicyclic amines) is 1. The molecule has 0 aliphatic carbocycles. The average Bonchev–Trinajstić information content (AvgIpc) is 2.40. The lowest BCUT2D eigenvalue weighted by molar-refractivity contribution is -0.147. The molecule has 1 aliphatic rings. The van der Waals surface area contributed by atoms with Crippen LogP contribution in [0.3, 0.4) is 0 Å². The second kappa shape index (κ2) is 9.68. The van der Waals surface area contributed by atoms with E-state index in [4.69, 9.17) is 16.3 Å². The van der Waals surface area contributed by atoms with Gasteiger partial charge in [-0.3, -0.25) is 4.79 Å². The molecule has 1 aliphatic heterocycles. The van der Waals surface area contributed by atoms with Crippen LogP contribution in [-0.4, -0.2) is 54.7 Å². The zero-order valence-corrected chi connectivity index (χ0v) is 11.7. The van der Waals surface area contributed by atoms with Gasteiger partial charge in [-0.2, -0.15) is 0 Å². The number of esters is 1. The lowest BCUT2D eigenvalue weighted by Crippen LogP contribution is -2.41. The molecule has 0 aromatic carbocycles. The predicted octanol–water partition coefficient (Wildman–Crippen LogP) is 1.50. The van der Waals surface area contributed by atoms with Gasteiger partial charge in [-0.15, -0.1) is 11.6 Å². The molecule has 1 heterocycles. The van der Waals surface area contributed by atoms with Crippen LogP contribution in [-0.2, 0) is 9.53 Å². The van der Waals surface area contributed by atoms with Crippen LogP contribution in [0.5, 0.6) is 0 Å². The number of β-amino-alcohol motifs (C(OH)–C–C–N with tert-alkyl or cyclic N) is 1. The molecule has 0 spiro atoms. The Morgan fingerprint density at radius 2 is 2.00 bits per heavy atom. The summed E-state index contributed by atoms with van der Waals surface area (Å²) in [6.07, 6.45) is 1.14. The fourth-order valence-electron chi connectivity index (χ4n) is 1.86. The highest BCUT2D eigenvalue weighted by molar-refractivity contribution is 6.18. The first-order chi connectivity index (χ1) is 8.17. The molecule has 17 heavy (non-hydrogen) atoms. The van der Waals surface area contributed by atoms with Crippen LogP contribution in [0.15, 0.2) is 0 Å². The van der Waals surface area contributed by atoms with E-state index in [9.17, 15) is 9.90 Å². The summed E-state index contributed by atoms with van der Waals surface area (Å²) < 4.78 is 4.70. The van der Waals surface area contributed by atoms with E-state index in [1.165, 1.54) is 7.11 Å². The van der Waals surface area contributed by atoms with E-state index in [0.717, 1.165) is 25.9 Å². The Morgan fingerprint density at radius 3 is 2.41 bits per heavy atom. The van der Waals surface area contributed by atoms with Crippen LogP contribution in [0.25, 0.3) is 0 Å². The number of alkyl halides is 1. The second-order valence-electron chi connectivity index (χ2n) is 3.91. The van der Waals surface area contributed by atoms with Crippen LogP contribution in [0.2, 0.25) is 0 Å². The van der Waals surface area contributed by atoms with E-state index in [1.54, 1.807) is 0 Å². The van der Waals surface area contributed by atoms with Crippen molar-refractivity contribution in [2.45, 2.75) is 32.8 Å². The van der Waals surface area contributed by atoms with Crippen molar-refractivity contribution in [2.24, 2.45) is 5.92 Å². The summed E-state index contributed by atoms with van der Waals surface area (Å²) in [7, 11) is 1.42. The quantitative estimate of drug-likeness (QED) is 0.618. The third-order valence-electron chi connectivity index (χ3n) is 2.77. The van der Waals surface area contributed by atoms with Crippen molar-refractivity contribution >= 4 is 17.6 Å². The minimum atomic E-state index is -0.471. The molecule has 4 nitrogen and oxygen atoms in total. The highest BCUT2D eigenvalue weighted by atomic mass is 35.5. The molecular formula is C12H24ClNO3. The molecule has 1 rings (SSSR count). The molecule has 0 amide bonds. The lowest BCUT2D eigenvalue weighted by atomic mass is 9.97. The van der Waals surface area contributed by atoms with Crippen LogP contribution in [0.1, 0.15) is 26.7 Å². The van der Waals surface area contributed by atoms with E-state index in [2.05, 4.69) is 4.90 Å². The number of methoxy groups -OCH3 is 1. The van der Waals surface area contributed by atoms with Gasteiger partial charge in [0.25, 0.3) is 0 Å². The maximum Gasteiger partial charge on any atom is 0.308 e. The fourth-order valence-corrected chi connectivity index (χ4v) is 1.96. The third kappa shape index (κ3) is 6.24. The fraction of sp³-hybridized carbons (Fsp3) is 0.917. The van der Waals surface area contributed by atoms with Gasteiger partial charge >= 0.3 is 5.97 Å².